The Morgan fingerprint density at radius 2 is 2.06 bits per heavy atom. The van der Waals surface area contributed by atoms with Gasteiger partial charge in [0.1, 0.15) is 5.82 Å². The molecule has 2 aromatic rings. The Balaban J connectivity index is 2.22. The van der Waals surface area contributed by atoms with Gasteiger partial charge >= 0.3 is 0 Å². The number of halogens is 2. The molecular weight excluding hydrogens is 285 g/mol. The first-order valence-corrected chi connectivity index (χ1v) is 6.58. The van der Waals surface area contributed by atoms with Crippen LogP contribution in [0, 0.1) is 5.82 Å². The first-order chi connectivity index (χ1) is 8.16. The lowest BCUT2D eigenvalue weighted by atomic mass is 10.2. The van der Waals surface area contributed by atoms with Gasteiger partial charge < -0.3 is 10.3 Å². The molecule has 17 heavy (non-hydrogen) atoms. The summed E-state index contributed by atoms with van der Waals surface area (Å²) in [4.78, 5) is 4.24. The second-order valence-electron chi connectivity index (χ2n) is 4.53. The van der Waals surface area contributed by atoms with Crippen LogP contribution in [0.4, 0.5) is 10.3 Å². The van der Waals surface area contributed by atoms with Gasteiger partial charge in [0.25, 0.3) is 0 Å². The molecule has 1 aliphatic rings. The van der Waals surface area contributed by atoms with Gasteiger partial charge in [-0.2, -0.15) is 0 Å². The van der Waals surface area contributed by atoms with Crippen molar-refractivity contribution in [2.45, 2.75) is 31.7 Å². The lowest BCUT2D eigenvalue weighted by molar-refractivity contribution is 0.539. The number of rotatable bonds is 1. The van der Waals surface area contributed by atoms with E-state index in [-0.39, 0.29) is 5.82 Å². The van der Waals surface area contributed by atoms with Crippen LogP contribution in [0.25, 0.3) is 11.0 Å². The summed E-state index contributed by atoms with van der Waals surface area (Å²) in [5, 5.41) is 0. The quantitative estimate of drug-likeness (QED) is 0.873. The Kier molecular flexibility index (Phi) is 2.58. The fourth-order valence-electron chi connectivity index (χ4n) is 2.66. The van der Waals surface area contributed by atoms with E-state index in [4.69, 9.17) is 5.73 Å². The molecule has 0 unspecified atom stereocenters. The van der Waals surface area contributed by atoms with Crippen LogP contribution in [-0.4, -0.2) is 9.55 Å². The van der Waals surface area contributed by atoms with E-state index in [1.54, 1.807) is 6.07 Å². The molecule has 1 saturated carbocycles. The van der Waals surface area contributed by atoms with E-state index in [1.165, 1.54) is 18.9 Å². The average Bonchev–Trinajstić information content (AvgIpc) is 2.86. The van der Waals surface area contributed by atoms with E-state index in [0.717, 1.165) is 18.4 Å². The van der Waals surface area contributed by atoms with E-state index >= 15 is 0 Å². The van der Waals surface area contributed by atoms with Crippen molar-refractivity contribution < 1.29 is 4.39 Å². The van der Waals surface area contributed by atoms with Crippen LogP contribution in [0.3, 0.4) is 0 Å². The Bertz CT molecular complexity index is 573. The van der Waals surface area contributed by atoms with Crippen LogP contribution in [0.1, 0.15) is 31.7 Å². The first-order valence-electron chi connectivity index (χ1n) is 5.79. The van der Waals surface area contributed by atoms with E-state index in [9.17, 15) is 4.39 Å². The van der Waals surface area contributed by atoms with Crippen molar-refractivity contribution in [2.75, 3.05) is 5.73 Å². The Labute approximate surface area is 107 Å². The number of hydrogen-bond acceptors (Lipinski definition) is 2. The molecule has 0 spiro atoms. The summed E-state index contributed by atoms with van der Waals surface area (Å²) in [7, 11) is 0. The number of fused-ring (bicyclic) bond motifs is 1. The molecule has 3 rings (SSSR count). The maximum absolute atomic E-state index is 13.4. The Morgan fingerprint density at radius 1 is 1.35 bits per heavy atom. The molecule has 0 atom stereocenters. The summed E-state index contributed by atoms with van der Waals surface area (Å²) < 4.78 is 15.9. The molecular formula is C12H13BrFN3. The fourth-order valence-corrected chi connectivity index (χ4v) is 2.99. The summed E-state index contributed by atoms with van der Waals surface area (Å²) in [5.74, 6) is 0.193. The zero-order valence-electron chi connectivity index (χ0n) is 9.29. The number of nitrogen functional groups attached to an aromatic ring is 1. The molecule has 1 heterocycles. The van der Waals surface area contributed by atoms with Crippen LogP contribution in [0.5, 0.6) is 0 Å². The Morgan fingerprint density at radius 3 is 2.76 bits per heavy atom. The molecule has 1 fully saturated rings. The lowest BCUT2D eigenvalue weighted by Crippen LogP contribution is -2.08. The highest BCUT2D eigenvalue weighted by atomic mass is 79.9. The smallest absolute Gasteiger partial charge is 0.201 e. The zero-order chi connectivity index (χ0) is 12.0. The summed E-state index contributed by atoms with van der Waals surface area (Å²) in [6.45, 7) is 0. The standard InChI is InChI=1S/C12H13BrFN3/c13-8-5-11-10(6-9(8)14)16-12(15)17(11)7-3-1-2-4-7/h5-7H,1-4H2,(H2,15,16). The summed E-state index contributed by atoms with van der Waals surface area (Å²) in [6, 6.07) is 3.62. The highest BCUT2D eigenvalue weighted by molar-refractivity contribution is 9.10. The van der Waals surface area contributed by atoms with Gasteiger partial charge in [0.15, 0.2) is 0 Å². The van der Waals surface area contributed by atoms with Gasteiger partial charge in [-0.15, -0.1) is 0 Å². The van der Waals surface area contributed by atoms with Crippen molar-refractivity contribution in [3.05, 3.63) is 22.4 Å². The molecule has 5 heteroatoms. The molecule has 1 aromatic carbocycles. The van der Waals surface area contributed by atoms with Gasteiger partial charge in [0.05, 0.1) is 15.5 Å². The molecule has 1 aliphatic carbocycles. The minimum absolute atomic E-state index is 0.298. The topological polar surface area (TPSA) is 43.8 Å². The van der Waals surface area contributed by atoms with Crippen LogP contribution in [0.15, 0.2) is 16.6 Å². The van der Waals surface area contributed by atoms with Crippen molar-refractivity contribution in [1.82, 2.24) is 9.55 Å². The van der Waals surface area contributed by atoms with Gasteiger partial charge in [-0.25, -0.2) is 9.37 Å². The monoisotopic (exact) mass is 297 g/mol. The predicted octanol–water partition coefficient (Wildman–Crippen LogP) is 3.64. The predicted molar refractivity (Wildman–Crippen MR) is 69.3 cm³/mol. The number of aromatic nitrogens is 2. The number of hydrogen-bond donors (Lipinski definition) is 1. The summed E-state index contributed by atoms with van der Waals surface area (Å²) in [5.41, 5.74) is 7.50. The molecule has 0 amide bonds. The summed E-state index contributed by atoms with van der Waals surface area (Å²) >= 11 is 3.21. The van der Waals surface area contributed by atoms with Gasteiger partial charge in [-0.3, -0.25) is 0 Å². The number of benzene rings is 1. The largest absolute Gasteiger partial charge is 0.369 e. The molecule has 0 bridgehead atoms. The second kappa shape index (κ2) is 3.98. The third-order valence-corrected chi connectivity index (χ3v) is 4.06. The third-order valence-electron chi connectivity index (χ3n) is 3.45. The van der Waals surface area contributed by atoms with Crippen molar-refractivity contribution in [3.63, 3.8) is 0 Å². The third kappa shape index (κ3) is 1.73. The molecule has 2 N–H and O–H groups in total. The van der Waals surface area contributed by atoms with Crippen LogP contribution in [0.2, 0.25) is 0 Å². The van der Waals surface area contributed by atoms with Crippen molar-refractivity contribution in [1.29, 1.82) is 0 Å². The van der Waals surface area contributed by atoms with E-state index in [2.05, 4.69) is 20.9 Å². The molecule has 0 radical (unpaired) electrons. The SMILES string of the molecule is Nc1nc2cc(F)c(Br)cc2n1C1CCCC1. The molecule has 90 valence electrons. The van der Waals surface area contributed by atoms with E-state index in [1.807, 2.05) is 4.57 Å². The summed E-state index contributed by atoms with van der Waals surface area (Å²) in [6.07, 6.45) is 4.72. The fraction of sp³-hybridized carbons (Fsp3) is 0.417. The van der Waals surface area contributed by atoms with E-state index in [0.29, 0.717) is 22.0 Å². The first kappa shape index (κ1) is 11.0. The second-order valence-corrected chi connectivity index (χ2v) is 5.39. The molecule has 0 saturated heterocycles. The number of anilines is 1. The highest BCUT2D eigenvalue weighted by Crippen LogP contribution is 2.35. The lowest BCUT2D eigenvalue weighted by Gasteiger charge is -2.14. The number of nitrogens with two attached hydrogens (primary N) is 1. The highest BCUT2D eigenvalue weighted by Gasteiger charge is 2.22. The van der Waals surface area contributed by atoms with Crippen LogP contribution >= 0.6 is 15.9 Å². The van der Waals surface area contributed by atoms with Gasteiger partial charge in [-0.1, -0.05) is 12.8 Å². The number of imidazole rings is 1. The van der Waals surface area contributed by atoms with Gasteiger partial charge in [0, 0.05) is 12.1 Å². The zero-order valence-corrected chi connectivity index (χ0v) is 10.9. The molecule has 3 nitrogen and oxygen atoms in total. The molecule has 0 aliphatic heterocycles. The Hall–Kier alpha value is -1.10. The normalized spacial score (nSPS) is 17.1. The van der Waals surface area contributed by atoms with Crippen molar-refractivity contribution >= 4 is 32.9 Å². The average molecular weight is 298 g/mol. The van der Waals surface area contributed by atoms with E-state index < -0.39 is 0 Å². The van der Waals surface area contributed by atoms with Crippen molar-refractivity contribution in [3.8, 4) is 0 Å². The van der Waals surface area contributed by atoms with Gasteiger partial charge in [0.2, 0.25) is 5.95 Å². The number of nitrogens with zero attached hydrogens (tertiary/aromatic N) is 2. The molecule has 1 aromatic heterocycles. The maximum Gasteiger partial charge on any atom is 0.201 e. The van der Waals surface area contributed by atoms with Crippen LogP contribution in [-0.2, 0) is 0 Å². The maximum atomic E-state index is 13.4. The van der Waals surface area contributed by atoms with Crippen LogP contribution < -0.4 is 5.73 Å². The minimum Gasteiger partial charge on any atom is -0.369 e. The van der Waals surface area contributed by atoms with Gasteiger partial charge in [-0.05, 0) is 34.8 Å². The minimum atomic E-state index is -0.298. The van der Waals surface area contributed by atoms with Crippen molar-refractivity contribution in [2.24, 2.45) is 0 Å².